The summed E-state index contributed by atoms with van der Waals surface area (Å²) in [7, 11) is 1.75. The van der Waals surface area contributed by atoms with E-state index < -0.39 is 5.91 Å². The summed E-state index contributed by atoms with van der Waals surface area (Å²) in [6.45, 7) is 3.73. The number of rotatable bonds is 4. The average Bonchev–Trinajstić information content (AvgIpc) is 3.23. The maximum atomic E-state index is 13.1. The highest BCUT2D eigenvalue weighted by atomic mass is 16.2. The lowest BCUT2D eigenvalue weighted by Crippen LogP contribution is -2.31. The van der Waals surface area contributed by atoms with Crippen LogP contribution < -0.4 is 15.8 Å². The number of carbonyl (C=O) groups excluding carboxylic acids is 3. The van der Waals surface area contributed by atoms with Crippen molar-refractivity contribution in [3.05, 3.63) is 87.9 Å². The molecular weight excluding hydrogens is 444 g/mol. The molecule has 0 radical (unpaired) electrons. The van der Waals surface area contributed by atoms with E-state index in [0.29, 0.717) is 29.9 Å². The predicted molar refractivity (Wildman–Crippen MR) is 133 cm³/mol. The zero-order valence-corrected chi connectivity index (χ0v) is 19.8. The normalized spacial score (nSPS) is 19.5. The molecule has 1 aromatic heterocycles. The number of hydrogen-bond acceptors (Lipinski definition) is 4. The number of benzene rings is 2. The SMILES string of the molecule is CC1=CC[C@@H]2C(=O)N(c3cccc(C(=O)Nc4c(C)n(C)n(-c5ccccc5)c4=O)c3)C(=O)[C@@H]2C1. The third-order valence-corrected chi connectivity index (χ3v) is 6.98. The lowest BCUT2D eigenvalue weighted by atomic mass is 9.82. The number of amides is 3. The van der Waals surface area contributed by atoms with Crippen LogP contribution in [0, 0.1) is 18.8 Å². The van der Waals surface area contributed by atoms with Gasteiger partial charge in [-0.15, -0.1) is 0 Å². The van der Waals surface area contributed by atoms with Crippen molar-refractivity contribution in [1.82, 2.24) is 9.36 Å². The van der Waals surface area contributed by atoms with E-state index in [1.807, 2.05) is 43.3 Å². The van der Waals surface area contributed by atoms with E-state index in [9.17, 15) is 19.2 Å². The molecule has 35 heavy (non-hydrogen) atoms. The fourth-order valence-corrected chi connectivity index (χ4v) is 4.98. The van der Waals surface area contributed by atoms with Gasteiger partial charge in [-0.1, -0.05) is 35.9 Å². The van der Waals surface area contributed by atoms with Crippen LogP contribution in [0.3, 0.4) is 0 Å². The Morgan fingerprint density at radius 3 is 2.34 bits per heavy atom. The molecule has 2 aromatic carbocycles. The minimum atomic E-state index is -0.494. The average molecular weight is 471 g/mol. The fourth-order valence-electron chi connectivity index (χ4n) is 4.98. The van der Waals surface area contributed by atoms with E-state index in [1.54, 1.807) is 36.9 Å². The first-order chi connectivity index (χ1) is 16.8. The molecule has 0 saturated carbocycles. The molecule has 8 nitrogen and oxygen atoms in total. The van der Waals surface area contributed by atoms with Crippen LogP contribution in [0.2, 0.25) is 0 Å². The summed E-state index contributed by atoms with van der Waals surface area (Å²) in [5.74, 6) is -1.66. The Hall–Kier alpha value is -4.20. The Morgan fingerprint density at radius 1 is 0.914 bits per heavy atom. The molecule has 5 rings (SSSR count). The van der Waals surface area contributed by atoms with Crippen molar-refractivity contribution in [2.75, 3.05) is 10.2 Å². The molecule has 1 saturated heterocycles. The van der Waals surface area contributed by atoms with Crippen molar-refractivity contribution < 1.29 is 14.4 Å². The smallest absolute Gasteiger partial charge is 0.295 e. The third kappa shape index (κ3) is 3.71. The van der Waals surface area contributed by atoms with Gasteiger partial charge in [0, 0.05) is 12.6 Å². The molecule has 8 heteroatoms. The second kappa shape index (κ2) is 8.54. The standard InChI is InChI=1S/C27H26N4O4/c1-16-12-13-21-22(14-16)26(34)30(25(21)33)20-11-7-8-18(15-20)24(32)28-23-17(2)29(3)31(27(23)35)19-9-5-4-6-10-19/h4-12,15,21-22H,13-14H2,1-3H3,(H,28,32)/t21-,22+/m0/s1. The van der Waals surface area contributed by atoms with Gasteiger partial charge in [0.25, 0.3) is 11.5 Å². The van der Waals surface area contributed by atoms with Gasteiger partial charge in [-0.3, -0.25) is 28.8 Å². The highest BCUT2D eigenvalue weighted by molar-refractivity contribution is 6.22. The molecule has 0 bridgehead atoms. The maximum Gasteiger partial charge on any atom is 0.295 e. The Kier molecular flexibility index (Phi) is 5.51. The van der Waals surface area contributed by atoms with Gasteiger partial charge in [-0.05, 0) is 57.0 Å². The minimum Gasteiger partial charge on any atom is -0.316 e. The number of fused-ring (bicyclic) bond motifs is 1. The molecule has 1 N–H and O–H groups in total. The van der Waals surface area contributed by atoms with E-state index in [2.05, 4.69) is 5.32 Å². The number of carbonyl (C=O) groups is 3. The second-order valence-electron chi connectivity index (χ2n) is 9.16. The molecule has 2 aliphatic rings. The molecule has 2 atom stereocenters. The Bertz CT molecular complexity index is 1450. The first-order valence-electron chi connectivity index (χ1n) is 11.6. The number of anilines is 2. The van der Waals surface area contributed by atoms with Gasteiger partial charge in [-0.2, -0.15) is 0 Å². The van der Waals surface area contributed by atoms with Gasteiger partial charge in [0.1, 0.15) is 5.69 Å². The van der Waals surface area contributed by atoms with Gasteiger partial charge in [0.15, 0.2) is 0 Å². The first kappa shape index (κ1) is 22.6. The van der Waals surface area contributed by atoms with Crippen LogP contribution in [0.15, 0.2) is 71.0 Å². The summed E-state index contributed by atoms with van der Waals surface area (Å²) < 4.78 is 3.17. The minimum absolute atomic E-state index is 0.174. The maximum absolute atomic E-state index is 13.1. The number of para-hydroxylation sites is 1. The molecule has 178 valence electrons. The van der Waals surface area contributed by atoms with Crippen molar-refractivity contribution in [2.24, 2.45) is 18.9 Å². The van der Waals surface area contributed by atoms with Gasteiger partial charge < -0.3 is 5.32 Å². The van der Waals surface area contributed by atoms with E-state index in [1.165, 1.54) is 15.6 Å². The topological polar surface area (TPSA) is 93.4 Å². The van der Waals surface area contributed by atoms with Crippen molar-refractivity contribution >= 4 is 29.1 Å². The molecule has 0 unspecified atom stereocenters. The molecule has 0 spiro atoms. The van der Waals surface area contributed by atoms with Crippen molar-refractivity contribution in [3.8, 4) is 5.69 Å². The Balaban J connectivity index is 1.43. The third-order valence-electron chi connectivity index (χ3n) is 6.98. The number of imide groups is 1. The van der Waals surface area contributed by atoms with Crippen molar-refractivity contribution in [2.45, 2.75) is 26.7 Å². The monoisotopic (exact) mass is 470 g/mol. The highest BCUT2D eigenvalue weighted by Crippen LogP contribution is 2.39. The van der Waals surface area contributed by atoms with Crippen LogP contribution in [0.25, 0.3) is 5.69 Å². The number of nitrogens with one attached hydrogen (secondary N) is 1. The van der Waals surface area contributed by atoms with E-state index in [0.717, 1.165) is 5.57 Å². The summed E-state index contributed by atoms with van der Waals surface area (Å²) in [5, 5.41) is 2.73. The lowest BCUT2D eigenvalue weighted by molar-refractivity contribution is -0.122. The highest BCUT2D eigenvalue weighted by Gasteiger charge is 2.48. The molecule has 1 aliphatic heterocycles. The Labute approximate surface area is 202 Å². The summed E-state index contributed by atoms with van der Waals surface area (Å²) >= 11 is 0. The van der Waals surface area contributed by atoms with Crippen LogP contribution in [-0.4, -0.2) is 27.1 Å². The summed E-state index contributed by atoms with van der Waals surface area (Å²) in [5.41, 5.74) is 2.84. The first-order valence-corrected chi connectivity index (χ1v) is 11.6. The quantitative estimate of drug-likeness (QED) is 0.466. The van der Waals surface area contributed by atoms with Crippen LogP contribution in [0.5, 0.6) is 0 Å². The largest absolute Gasteiger partial charge is 0.316 e. The number of aromatic nitrogens is 2. The summed E-state index contributed by atoms with van der Waals surface area (Å²) in [6, 6.07) is 15.6. The Morgan fingerprint density at radius 2 is 1.60 bits per heavy atom. The summed E-state index contributed by atoms with van der Waals surface area (Å²) in [6.07, 6.45) is 3.15. The van der Waals surface area contributed by atoms with Gasteiger partial charge in [0.2, 0.25) is 11.8 Å². The number of allylic oxidation sites excluding steroid dienone is 2. The van der Waals surface area contributed by atoms with E-state index in [-0.39, 0.29) is 40.5 Å². The van der Waals surface area contributed by atoms with Crippen LogP contribution in [-0.2, 0) is 16.6 Å². The van der Waals surface area contributed by atoms with Crippen LogP contribution >= 0.6 is 0 Å². The van der Waals surface area contributed by atoms with Gasteiger partial charge in [0.05, 0.1) is 28.9 Å². The number of hydrogen-bond donors (Lipinski definition) is 1. The van der Waals surface area contributed by atoms with Crippen molar-refractivity contribution in [1.29, 1.82) is 0 Å². The fraction of sp³-hybridized carbons (Fsp3) is 0.259. The molecule has 3 amide bonds. The molecule has 3 aromatic rings. The molecule has 2 heterocycles. The lowest BCUT2D eigenvalue weighted by Gasteiger charge is -2.18. The van der Waals surface area contributed by atoms with Crippen molar-refractivity contribution in [3.63, 3.8) is 0 Å². The molecule has 1 fully saturated rings. The number of nitrogens with zero attached hydrogens (tertiary/aromatic N) is 3. The van der Waals surface area contributed by atoms with Gasteiger partial charge in [-0.25, -0.2) is 4.68 Å². The molecular formula is C27H26N4O4. The second-order valence-corrected chi connectivity index (χ2v) is 9.16. The predicted octanol–water partition coefficient (Wildman–Crippen LogP) is 3.58. The van der Waals surface area contributed by atoms with Gasteiger partial charge >= 0.3 is 0 Å². The zero-order chi connectivity index (χ0) is 24.9. The zero-order valence-electron chi connectivity index (χ0n) is 19.8. The van der Waals surface area contributed by atoms with Crippen LogP contribution in [0.1, 0.15) is 35.8 Å². The summed E-state index contributed by atoms with van der Waals surface area (Å²) in [4.78, 5) is 53.6. The van der Waals surface area contributed by atoms with E-state index in [4.69, 9.17) is 0 Å². The van der Waals surface area contributed by atoms with E-state index >= 15 is 0 Å². The molecule has 1 aliphatic carbocycles. The van der Waals surface area contributed by atoms with Crippen LogP contribution in [0.4, 0.5) is 11.4 Å².